The molecule has 0 bridgehead atoms. The van der Waals surface area contributed by atoms with E-state index in [4.69, 9.17) is 4.74 Å². The summed E-state index contributed by atoms with van der Waals surface area (Å²) in [5.74, 6) is -0.0382. The van der Waals surface area contributed by atoms with E-state index in [9.17, 15) is 9.59 Å². The summed E-state index contributed by atoms with van der Waals surface area (Å²) in [4.78, 5) is 24.5. The van der Waals surface area contributed by atoms with Crippen molar-refractivity contribution in [1.82, 2.24) is 4.90 Å². The first-order valence-electron chi connectivity index (χ1n) is 5.12. The van der Waals surface area contributed by atoms with E-state index >= 15 is 0 Å². The minimum absolute atomic E-state index is 0.139. The number of cyclic esters (lactones) is 1. The molecule has 1 aliphatic rings. The van der Waals surface area contributed by atoms with Crippen molar-refractivity contribution in [3.05, 3.63) is 11.6 Å². The first-order valence-corrected chi connectivity index (χ1v) is 5.12. The van der Waals surface area contributed by atoms with E-state index in [2.05, 4.69) is 0 Å². The highest BCUT2D eigenvalue weighted by molar-refractivity contribution is 6.03. The third-order valence-corrected chi connectivity index (χ3v) is 2.66. The van der Waals surface area contributed by atoms with Crippen molar-refractivity contribution >= 4 is 12.0 Å². The van der Waals surface area contributed by atoms with Crippen LogP contribution in [0.5, 0.6) is 0 Å². The smallest absolute Gasteiger partial charge is 0.417 e. The Labute approximate surface area is 89.9 Å². The molecule has 0 radical (unpaired) electrons. The fourth-order valence-electron chi connectivity index (χ4n) is 1.47. The minimum Gasteiger partial charge on any atom is -0.447 e. The van der Waals surface area contributed by atoms with Gasteiger partial charge in [-0.15, -0.1) is 0 Å². The minimum atomic E-state index is -0.528. The summed E-state index contributed by atoms with van der Waals surface area (Å²) in [6.07, 6.45) is 1.17. The molecule has 0 aromatic carbocycles. The second-order valence-corrected chi connectivity index (χ2v) is 4.04. The van der Waals surface area contributed by atoms with Crippen molar-refractivity contribution in [1.29, 1.82) is 0 Å². The lowest BCUT2D eigenvalue weighted by molar-refractivity contribution is -0.125. The number of carbonyl (C=O) groups excluding carboxylic acids is 2. The van der Waals surface area contributed by atoms with Crippen molar-refractivity contribution < 1.29 is 14.3 Å². The number of hydrogen-bond acceptors (Lipinski definition) is 3. The predicted molar refractivity (Wildman–Crippen MR) is 56.3 cm³/mol. The molecule has 2 amide bonds. The van der Waals surface area contributed by atoms with Gasteiger partial charge in [-0.05, 0) is 19.8 Å². The van der Waals surface area contributed by atoms with Crippen LogP contribution >= 0.6 is 0 Å². The average Bonchev–Trinajstić information content (AvgIpc) is 2.58. The standard InChI is InChI=1S/C11H17NO3/c1-5-8(4)10(13)12-9(7(2)3)6-15-11(12)14/h5,7,9H,6H2,1-4H3/t9-/m1/s1. The first kappa shape index (κ1) is 11.8. The average molecular weight is 211 g/mol. The van der Waals surface area contributed by atoms with Gasteiger partial charge in [0.15, 0.2) is 0 Å². The molecule has 0 aromatic heterocycles. The van der Waals surface area contributed by atoms with Crippen LogP contribution in [0.15, 0.2) is 11.6 Å². The SMILES string of the molecule is CC=C(C)C(=O)N1C(=O)OC[C@@H]1C(C)C. The number of rotatable bonds is 2. The Balaban J connectivity index is 2.90. The number of hydrogen-bond donors (Lipinski definition) is 0. The lowest BCUT2D eigenvalue weighted by atomic mass is 10.0. The van der Waals surface area contributed by atoms with E-state index in [1.54, 1.807) is 19.9 Å². The molecule has 84 valence electrons. The van der Waals surface area contributed by atoms with Gasteiger partial charge in [-0.2, -0.15) is 0 Å². The van der Waals surface area contributed by atoms with E-state index < -0.39 is 6.09 Å². The van der Waals surface area contributed by atoms with Crippen LogP contribution in [-0.2, 0) is 9.53 Å². The topological polar surface area (TPSA) is 46.6 Å². The highest BCUT2D eigenvalue weighted by Crippen LogP contribution is 2.21. The summed E-state index contributed by atoms with van der Waals surface area (Å²) in [7, 11) is 0. The normalized spacial score (nSPS) is 22.2. The van der Waals surface area contributed by atoms with Crippen molar-refractivity contribution in [3.8, 4) is 0 Å². The van der Waals surface area contributed by atoms with Gasteiger partial charge >= 0.3 is 6.09 Å². The zero-order chi connectivity index (χ0) is 11.6. The van der Waals surface area contributed by atoms with Gasteiger partial charge in [0.25, 0.3) is 5.91 Å². The summed E-state index contributed by atoms with van der Waals surface area (Å²) in [6, 6.07) is -0.139. The van der Waals surface area contributed by atoms with Gasteiger partial charge in [0.2, 0.25) is 0 Å². The third kappa shape index (κ3) is 2.19. The quantitative estimate of drug-likeness (QED) is 0.656. The van der Waals surface area contributed by atoms with E-state index in [1.165, 1.54) is 4.90 Å². The molecule has 1 heterocycles. The van der Waals surface area contributed by atoms with Crippen LogP contribution in [-0.4, -0.2) is 29.5 Å². The molecule has 0 N–H and O–H groups in total. The summed E-state index contributed by atoms with van der Waals surface area (Å²) >= 11 is 0. The molecule has 0 unspecified atom stereocenters. The maximum absolute atomic E-state index is 11.9. The van der Waals surface area contributed by atoms with Crippen molar-refractivity contribution in [3.63, 3.8) is 0 Å². The molecule has 0 aromatic rings. The van der Waals surface area contributed by atoms with Crippen molar-refractivity contribution in [2.75, 3.05) is 6.61 Å². The van der Waals surface area contributed by atoms with E-state index in [-0.39, 0.29) is 17.9 Å². The number of imide groups is 1. The largest absolute Gasteiger partial charge is 0.447 e. The Morgan fingerprint density at radius 1 is 1.60 bits per heavy atom. The van der Waals surface area contributed by atoms with Crippen LogP contribution in [0.25, 0.3) is 0 Å². The predicted octanol–water partition coefficient (Wildman–Crippen LogP) is 1.96. The fourth-order valence-corrected chi connectivity index (χ4v) is 1.47. The van der Waals surface area contributed by atoms with Crippen molar-refractivity contribution in [2.24, 2.45) is 5.92 Å². The molecule has 0 saturated carbocycles. The summed E-state index contributed by atoms with van der Waals surface area (Å²) in [6.45, 7) is 7.72. The Kier molecular flexibility index (Phi) is 3.50. The second-order valence-electron chi connectivity index (χ2n) is 4.04. The van der Waals surface area contributed by atoms with E-state index in [1.807, 2.05) is 13.8 Å². The van der Waals surface area contributed by atoms with E-state index in [0.29, 0.717) is 12.2 Å². The first-order chi connectivity index (χ1) is 6.99. The van der Waals surface area contributed by atoms with E-state index in [0.717, 1.165) is 0 Å². The molecule has 0 aliphatic carbocycles. The maximum atomic E-state index is 11.9. The number of nitrogens with zero attached hydrogens (tertiary/aromatic N) is 1. The van der Waals surface area contributed by atoms with Crippen LogP contribution in [0.3, 0.4) is 0 Å². The van der Waals surface area contributed by atoms with Crippen LogP contribution in [0.1, 0.15) is 27.7 Å². The van der Waals surface area contributed by atoms with Gasteiger partial charge < -0.3 is 4.74 Å². The molecule has 1 aliphatic heterocycles. The van der Waals surface area contributed by atoms with Gasteiger partial charge in [0.05, 0.1) is 6.04 Å². The van der Waals surface area contributed by atoms with Gasteiger partial charge in [0.1, 0.15) is 6.61 Å². The highest BCUT2D eigenvalue weighted by atomic mass is 16.6. The lowest BCUT2D eigenvalue weighted by Crippen LogP contribution is -2.42. The van der Waals surface area contributed by atoms with Crippen LogP contribution in [0.4, 0.5) is 4.79 Å². The molecule has 1 fully saturated rings. The van der Waals surface area contributed by atoms with Gasteiger partial charge in [0, 0.05) is 5.57 Å². The van der Waals surface area contributed by atoms with Crippen LogP contribution in [0, 0.1) is 5.92 Å². The monoisotopic (exact) mass is 211 g/mol. The summed E-state index contributed by atoms with van der Waals surface area (Å²) < 4.78 is 4.89. The molecule has 15 heavy (non-hydrogen) atoms. The molecule has 0 spiro atoms. The molecule has 1 saturated heterocycles. The number of allylic oxidation sites excluding steroid dienone is 1. The van der Waals surface area contributed by atoms with Gasteiger partial charge in [-0.25, -0.2) is 9.69 Å². The van der Waals surface area contributed by atoms with Gasteiger partial charge in [-0.1, -0.05) is 19.9 Å². The second kappa shape index (κ2) is 4.47. The third-order valence-electron chi connectivity index (χ3n) is 2.66. The molecule has 1 rings (SSSR count). The van der Waals surface area contributed by atoms with Gasteiger partial charge in [-0.3, -0.25) is 4.79 Å². The summed E-state index contributed by atoms with van der Waals surface area (Å²) in [5, 5.41) is 0. The Hall–Kier alpha value is -1.32. The fraction of sp³-hybridized carbons (Fsp3) is 0.636. The molecule has 1 atom stereocenters. The maximum Gasteiger partial charge on any atom is 0.417 e. The zero-order valence-electron chi connectivity index (χ0n) is 9.61. The van der Waals surface area contributed by atoms with Crippen molar-refractivity contribution in [2.45, 2.75) is 33.7 Å². The number of amides is 2. The Bertz CT molecular complexity index is 307. The lowest BCUT2D eigenvalue weighted by Gasteiger charge is -2.22. The summed E-state index contributed by atoms with van der Waals surface area (Å²) in [5.41, 5.74) is 0.569. The molecule has 4 heteroatoms. The molecule has 4 nitrogen and oxygen atoms in total. The number of ether oxygens (including phenoxy) is 1. The number of carbonyl (C=O) groups is 2. The highest BCUT2D eigenvalue weighted by Gasteiger charge is 2.39. The molecular weight excluding hydrogens is 194 g/mol. The zero-order valence-corrected chi connectivity index (χ0v) is 9.61. The Morgan fingerprint density at radius 2 is 2.20 bits per heavy atom. The Morgan fingerprint density at radius 3 is 2.67 bits per heavy atom. The van der Waals surface area contributed by atoms with Crippen LogP contribution < -0.4 is 0 Å². The molecular formula is C11H17NO3. The van der Waals surface area contributed by atoms with Crippen LogP contribution in [0.2, 0.25) is 0 Å².